The Bertz CT molecular complexity index is 825. The van der Waals surface area contributed by atoms with Crippen molar-refractivity contribution in [1.29, 1.82) is 0 Å². The van der Waals surface area contributed by atoms with Gasteiger partial charge in [0, 0.05) is 24.5 Å². The van der Waals surface area contributed by atoms with Gasteiger partial charge in [-0.25, -0.2) is 9.18 Å². The summed E-state index contributed by atoms with van der Waals surface area (Å²) in [4.78, 5) is 36.8. The number of pyridine rings is 1. The van der Waals surface area contributed by atoms with Gasteiger partial charge in [0.2, 0.25) is 5.91 Å². The van der Waals surface area contributed by atoms with Crippen molar-refractivity contribution in [3.8, 4) is 0 Å². The average molecular weight is 320 g/mol. The molecule has 0 aliphatic carbocycles. The first-order chi connectivity index (χ1) is 10.9. The SMILES string of the molecule is CCN(CC)C(=O)Cn1c(=O)ccc2cc(C(=O)O)cc(F)c21. The number of nitrogens with zero attached hydrogens (tertiary/aromatic N) is 2. The third-order valence-corrected chi connectivity index (χ3v) is 3.69. The van der Waals surface area contributed by atoms with E-state index in [9.17, 15) is 18.8 Å². The summed E-state index contributed by atoms with van der Waals surface area (Å²) in [7, 11) is 0. The maximum Gasteiger partial charge on any atom is 0.335 e. The molecular weight excluding hydrogens is 303 g/mol. The number of likely N-dealkylation sites (N-methyl/N-ethyl adjacent to an activating group) is 1. The van der Waals surface area contributed by atoms with Crippen molar-refractivity contribution < 1.29 is 19.1 Å². The molecular formula is C16H17FN2O4. The van der Waals surface area contributed by atoms with Crippen molar-refractivity contribution in [1.82, 2.24) is 9.47 Å². The number of carbonyl (C=O) groups excluding carboxylic acids is 1. The van der Waals surface area contributed by atoms with Crippen molar-refractivity contribution >= 4 is 22.8 Å². The van der Waals surface area contributed by atoms with Gasteiger partial charge >= 0.3 is 5.97 Å². The predicted octanol–water partition coefficient (Wildman–Crippen LogP) is 1.71. The Morgan fingerprint density at radius 3 is 2.43 bits per heavy atom. The summed E-state index contributed by atoms with van der Waals surface area (Å²) in [6, 6.07) is 4.68. The first kappa shape index (κ1) is 16.7. The highest BCUT2D eigenvalue weighted by molar-refractivity contribution is 5.94. The van der Waals surface area contributed by atoms with Gasteiger partial charge in [-0.2, -0.15) is 0 Å². The van der Waals surface area contributed by atoms with Crippen molar-refractivity contribution in [2.75, 3.05) is 13.1 Å². The van der Waals surface area contributed by atoms with Crippen LogP contribution >= 0.6 is 0 Å². The summed E-state index contributed by atoms with van der Waals surface area (Å²) in [6.07, 6.45) is 0. The Morgan fingerprint density at radius 2 is 1.87 bits per heavy atom. The van der Waals surface area contributed by atoms with E-state index in [0.717, 1.165) is 10.6 Å². The van der Waals surface area contributed by atoms with Gasteiger partial charge in [0.15, 0.2) is 0 Å². The van der Waals surface area contributed by atoms with Crippen molar-refractivity contribution in [2.45, 2.75) is 20.4 Å². The lowest BCUT2D eigenvalue weighted by atomic mass is 10.1. The highest BCUT2D eigenvalue weighted by Crippen LogP contribution is 2.19. The zero-order chi connectivity index (χ0) is 17.1. The third kappa shape index (κ3) is 3.23. The van der Waals surface area contributed by atoms with Gasteiger partial charge < -0.3 is 10.0 Å². The second-order valence-electron chi connectivity index (χ2n) is 5.02. The van der Waals surface area contributed by atoms with Crippen molar-refractivity contribution in [3.05, 3.63) is 46.0 Å². The molecule has 1 N–H and O–H groups in total. The molecule has 6 nitrogen and oxygen atoms in total. The number of amides is 1. The summed E-state index contributed by atoms with van der Waals surface area (Å²) in [5, 5.41) is 9.24. The fraction of sp³-hybridized carbons (Fsp3) is 0.312. The molecule has 0 saturated carbocycles. The molecule has 0 aliphatic heterocycles. The zero-order valence-corrected chi connectivity index (χ0v) is 12.9. The second kappa shape index (κ2) is 6.60. The zero-order valence-electron chi connectivity index (χ0n) is 12.9. The van der Waals surface area contributed by atoms with Gasteiger partial charge in [-0.1, -0.05) is 0 Å². The largest absolute Gasteiger partial charge is 0.478 e. The summed E-state index contributed by atoms with van der Waals surface area (Å²) in [6.45, 7) is 4.31. The Hall–Kier alpha value is -2.70. The number of aromatic nitrogens is 1. The standard InChI is InChI=1S/C16H17FN2O4/c1-3-18(4-2)14(21)9-19-13(20)6-5-10-7-11(16(22)23)8-12(17)15(10)19/h5-8H,3-4,9H2,1-2H3,(H,22,23). The topological polar surface area (TPSA) is 79.6 Å². The Kier molecular flexibility index (Phi) is 4.78. The van der Waals surface area contributed by atoms with E-state index in [1.165, 1.54) is 23.1 Å². The Labute approximate surface area is 131 Å². The first-order valence-corrected chi connectivity index (χ1v) is 7.23. The summed E-state index contributed by atoms with van der Waals surface area (Å²) in [5.41, 5.74) is -0.793. The molecule has 7 heteroatoms. The molecule has 2 aromatic rings. The van der Waals surface area contributed by atoms with Crippen LogP contribution < -0.4 is 5.56 Å². The molecule has 0 unspecified atom stereocenters. The van der Waals surface area contributed by atoms with Gasteiger partial charge in [-0.15, -0.1) is 0 Å². The monoisotopic (exact) mass is 320 g/mol. The maximum atomic E-state index is 14.3. The average Bonchev–Trinajstić information content (AvgIpc) is 2.51. The van der Waals surface area contributed by atoms with Crippen LogP contribution in [0.4, 0.5) is 4.39 Å². The molecule has 1 aromatic heterocycles. The number of carbonyl (C=O) groups is 2. The number of hydrogen-bond acceptors (Lipinski definition) is 3. The molecule has 1 heterocycles. The molecule has 1 amide bonds. The quantitative estimate of drug-likeness (QED) is 0.909. The van der Waals surface area contributed by atoms with E-state index in [1.807, 2.05) is 13.8 Å². The molecule has 122 valence electrons. The van der Waals surface area contributed by atoms with Crippen LogP contribution in [0.15, 0.2) is 29.1 Å². The van der Waals surface area contributed by atoms with E-state index in [4.69, 9.17) is 5.11 Å². The second-order valence-corrected chi connectivity index (χ2v) is 5.02. The number of benzene rings is 1. The number of hydrogen-bond donors (Lipinski definition) is 1. The molecule has 0 fully saturated rings. The minimum absolute atomic E-state index is 0.0667. The summed E-state index contributed by atoms with van der Waals surface area (Å²) in [5.74, 6) is -2.40. The number of carboxylic acids is 1. The van der Waals surface area contributed by atoms with E-state index in [0.29, 0.717) is 13.1 Å². The van der Waals surface area contributed by atoms with Gasteiger partial charge in [0.25, 0.3) is 5.56 Å². The van der Waals surface area contributed by atoms with Crippen LogP contribution in [0.5, 0.6) is 0 Å². The smallest absolute Gasteiger partial charge is 0.335 e. The normalized spacial score (nSPS) is 10.7. The van der Waals surface area contributed by atoms with Crippen LogP contribution in [-0.2, 0) is 11.3 Å². The number of aromatic carboxylic acids is 1. The highest BCUT2D eigenvalue weighted by atomic mass is 19.1. The molecule has 0 atom stereocenters. The van der Waals surface area contributed by atoms with Gasteiger partial charge in [-0.05, 0) is 32.0 Å². The van der Waals surface area contributed by atoms with Gasteiger partial charge in [0.1, 0.15) is 12.4 Å². The number of halogens is 1. The number of carboxylic acid groups (broad SMARTS) is 1. The van der Waals surface area contributed by atoms with Crippen LogP contribution in [0, 0.1) is 5.82 Å². The Morgan fingerprint density at radius 1 is 1.22 bits per heavy atom. The van der Waals surface area contributed by atoms with Gasteiger partial charge in [-0.3, -0.25) is 14.2 Å². The summed E-state index contributed by atoms with van der Waals surface area (Å²) < 4.78 is 15.4. The minimum Gasteiger partial charge on any atom is -0.478 e. The molecule has 0 aliphatic rings. The van der Waals surface area contributed by atoms with E-state index >= 15 is 0 Å². The fourth-order valence-electron chi connectivity index (χ4n) is 2.49. The first-order valence-electron chi connectivity index (χ1n) is 7.23. The lowest BCUT2D eigenvalue weighted by Gasteiger charge is -2.20. The highest BCUT2D eigenvalue weighted by Gasteiger charge is 2.17. The van der Waals surface area contributed by atoms with Crippen LogP contribution in [0.25, 0.3) is 10.9 Å². The molecule has 0 bridgehead atoms. The van der Waals surface area contributed by atoms with E-state index in [1.54, 1.807) is 0 Å². The number of rotatable bonds is 5. The molecule has 0 saturated heterocycles. The summed E-state index contributed by atoms with van der Waals surface area (Å²) >= 11 is 0. The molecule has 2 rings (SSSR count). The third-order valence-electron chi connectivity index (χ3n) is 3.69. The van der Waals surface area contributed by atoms with Crippen LogP contribution in [0.3, 0.4) is 0 Å². The van der Waals surface area contributed by atoms with Crippen LogP contribution in [0.2, 0.25) is 0 Å². The molecule has 23 heavy (non-hydrogen) atoms. The molecule has 1 aromatic carbocycles. The lowest BCUT2D eigenvalue weighted by Crippen LogP contribution is -2.36. The van der Waals surface area contributed by atoms with E-state index < -0.39 is 17.3 Å². The van der Waals surface area contributed by atoms with Crippen molar-refractivity contribution in [2.24, 2.45) is 0 Å². The maximum absolute atomic E-state index is 14.3. The van der Waals surface area contributed by atoms with E-state index in [2.05, 4.69) is 0 Å². The molecule has 0 radical (unpaired) electrons. The predicted molar refractivity (Wildman–Crippen MR) is 83.1 cm³/mol. The minimum atomic E-state index is -1.26. The van der Waals surface area contributed by atoms with Crippen LogP contribution in [0.1, 0.15) is 24.2 Å². The van der Waals surface area contributed by atoms with Gasteiger partial charge in [0.05, 0.1) is 11.1 Å². The van der Waals surface area contributed by atoms with E-state index in [-0.39, 0.29) is 28.9 Å². The van der Waals surface area contributed by atoms with Crippen LogP contribution in [-0.4, -0.2) is 39.5 Å². The Balaban J connectivity index is 2.59. The fourth-order valence-corrected chi connectivity index (χ4v) is 2.49. The molecule has 0 spiro atoms. The van der Waals surface area contributed by atoms with Crippen molar-refractivity contribution in [3.63, 3.8) is 0 Å². The number of fused-ring (bicyclic) bond motifs is 1. The lowest BCUT2D eigenvalue weighted by molar-refractivity contribution is -0.131.